The molecule has 0 aliphatic carbocycles. The van der Waals surface area contributed by atoms with Gasteiger partial charge in [-0.2, -0.15) is 0 Å². The molecule has 0 bridgehead atoms. The van der Waals surface area contributed by atoms with Gasteiger partial charge in [-0.1, -0.05) is 28.1 Å². The molecule has 3 amide bonds. The molecule has 0 aliphatic rings. The molecule has 98 valence electrons. The number of nitrogens with zero attached hydrogens (tertiary/aromatic N) is 1. The SMILES string of the molecule is CNC(=O)NC(=O)CN(C)Cc1ccc(Br)cc1. The number of hydrogen-bond acceptors (Lipinski definition) is 3. The highest BCUT2D eigenvalue weighted by atomic mass is 79.9. The van der Waals surface area contributed by atoms with E-state index in [4.69, 9.17) is 0 Å². The minimum absolute atomic E-state index is 0.170. The zero-order valence-electron chi connectivity index (χ0n) is 10.4. The molecule has 0 saturated carbocycles. The second-order valence-electron chi connectivity index (χ2n) is 3.93. The van der Waals surface area contributed by atoms with Crippen molar-refractivity contribution >= 4 is 27.9 Å². The summed E-state index contributed by atoms with van der Waals surface area (Å²) in [6, 6.07) is 7.38. The molecule has 18 heavy (non-hydrogen) atoms. The van der Waals surface area contributed by atoms with Crippen LogP contribution in [0.1, 0.15) is 5.56 Å². The van der Waals surface area contributed by atoms with E-state index in [2.05, 4.69) is 26.6 Å². The van der Waals surface area contributed by atoms with E-state index < -0.39 is 6.03 Å². The Morgan fingerprint density at radius 3 is 2.44 bits per heavy atom. The molecule has 1 rings (SSSR count). The molecule has 0 atom stereocenters. The fraction of sp³-hybridized carbons (Fsp3) is 0.333. The molecule has 2 N–H and O–H groups in total. The van der Waals surface area contributed by atoms with Gasteiger partial charge in [-0.05, 0) is 24.7 Å². The van der Waals surface area contributed by atoms with Gasteiger partial charge in [0.25, 0.3) is 0 Å². The summed E-state index contributed by atoms with van der Waals surface area (Å²) in [6.07, 6.45) is 0. The fourth-order valence-corrected chi connectivity index (χ4v) is 1.70. The Balaban J connectivity index is 2.41. The van der Waals surface area contributed by atoms with Crippen molar-refractivity contribution in [2.24, 2.45) is 0 Å². The van der Waals surface area contributed by atoms with Gasteiger partial charge in [0.2, 0.25) is 5.91 Å². The quantitative estimate of drug-likeness (QED) is 0.881. The van der Waals surface area contributed by atoms with E-state index in [9.17, 15) is 9.59 Å². The lowest BCUT2D eigenvalue weighted by Crippen LogP contribution is -2.42. The van der Waals surface area contributed by atoms with Crippen LogP contribution in [-0.2, 0) is 11.3 Å². The Morgan fingerprint density at radius 1 is 1.28 bits per heavy atom. The van der Waals surface area contributed by atoms with Gasteiger partial charge >= 0.3 is 6.03 Å². The van der Waals surface area contributed by atoms with Crippen molar-refractivity contribution in [2.75, 3.05) is 20.6 Å². The number of halogens is 1. The van der Waals surface area contributed by atoms with Crippen molar-refractivity contribution < 1.29 is 9.59 Å². The van der Waals surface area contributed by atoms with Gasteiger partial charge in [-0.25, -0.2) is 4.79 Å². The number of likely N-dealkylation sites (N-methyl/N-ethyl adjacent to an activating group) is 1. The number of urea groups is 1. The molecule has 0 spiro atoms. The average molecular weight is 314 g/mol. The summed E-state index contributed by atoms with van der Waals surface area (Å²) in [7, 11) is 3.29. The molecule has 0 aliphatic heterocycles. The first kappa shape index (κ1) is 14.7. The molecule has 0 aromatic heterocycles. The highest BCUT2D eigenvalue weighted by molar-refractivity contribution is 9.10. The van der Waals surface area contributed by atoms with Crippen LogP contribution >= 0.6 is 15.9 Å². The minimum atomic E-state index is -0.489. The number of carbonyl (C=O) groups excluding carboxylic acids is 2. The van der Waals surface area contributed by atoms with Crippen LogP contribution in [0.5, 0.6) is 0 Å². The van der Waals surface area contributed by atoms with Gasteiger partial charge in [0.1, 0.15) is 0 Å². The maximum Gasteiger partial charge on any atom is 0.321 e. The Labute approximate surface area is 115 Å². The summed E-state index contributed by atoms with van der Waals surface area (Å²) in [5.41, 5.74) is 1.11. The van der Waals surface area contributed by atoms with E-state index in [0.717, 1.165) is 10.0 Å². The third kappa shape index (κ3) is 5.29. The van der Waals surface area contributed by atoms with E-state index >= 15 is 0 Å². The number of hydrogen-bond donors (Lipinski definition) is 2. The Bertz CT molecular complexity index is 420. The number of amides is 3. The molecule has 0 saturated heterocycles. The van der Waals surface area contributed by atoms with Gasteiger partial charge < -0.3 is 5.32 Å². The number of imide groups is 1. The van der Waals surface area contributed by atoms with E-state index in [0.29, 0.717) is 6.54 Å². The third-order valence-corrected chi connectivity index (χ3v) is 2.79. The first-order valence-corrected chi connectivity index (χ1v) is 6.25. The fourth-order valence-electron chi connectivity index (χ4n) is 1.43. The number of rotatable bonds is 4. The van der Waals surface area contributed by atoms with E-state index in [1.54, 1.807) is 0 Å². The molecule has 0 heterocycles. The van der Waals surface area contributed by atoms with Gasteiger partial charge in [0.05, 0.1) is 6.54 Å². The maximum absolute atomic E-state index is 11.4. The summed E-state index contributed by atoms with van der Waals surface area (Å²) in [5, 5.41) is 4.55. The molecule has 0 unspecified atom stereocenters. The van der Waals surface area contributed by atoms with Gasteiger partial charge in [-0.15, -0.1) is 0 Å². The largest absolute Gasteiger partial charge is 0.341 e. The Morgan fingerprint density at radius 2 is 1.89 bits per heavy atom. The lowest BCUT2D eigenvalue weighted by atomic mass is 10.2. The zero-order valence-corrected chi connectivity index (χ0v) is 12.0. The molecule has 1 aromatic rings. The molecule has 5 nitrogen and oxygen atoms in total. The summed E-state index contributed by atoms with van der Waals surface area (Å²) in [4.78, 5) is 24.2. The van der Waals surface area contributed by atoms with Crippen molar-refractivity contribution in [1.82, 2.24) is 15.5 Å². The van der Waals surface area contributed by atoms with Crippen LogP contribution in [0, 0.1) is 0 Å². The smallest absolute Gasteiger partial charge is 0.321 e. The monoisotopic (exact) mass is 313 g/mol. The van der Waals surface area contributed by atoms with Crippen LogP contribution in [0.25, 0.3) is 0 Å². The van der Waals surface area contributed by atoms with E-state index in [-0.39, 0.29) is 12.5 Å². The number of nitrogens with one attached hydrogen (secondary N) is 2. The van der Waals surface area contributed by atoms with Crippen molar-refractivity contribution in [3.63, 3.8) is 0 Å². The zero-order chi connectivity index (χ0) is 13.5. The van der Waals surface area contributed by atoms with E-state index in [1.165, 1.54) is 7.05 Å². The van der Waals surface area contributed by atoms with Crippen molar-refractivity contribution in [3.8, 4) is 0 Å². The summed E-state index contributed by atoms with van der Waals surface area (Å²) >= 11 is 3.36. The summed E-state index contributed by atoms with van der Waals surface area (Å²) in [6.45, 7) is 0.817. The standard InChI is InChI=1S/C12H16BrN3O2/c1-14-12(18)15-11(17)8-16(2)7-9-3-5-10(13)6-4-9/h3-6H,7-8H2,1-2H3,(H2,14,15,17,18). The van der Waals surface area contributed by atoms with Crippen LogP contribution in [-0.4, -0.2) is 37.5 Å². The highest BCUT2D eigenvalue weighted by Crippen LogP contribution is 2.11. The van der Waals surface area contributed by atoms with Crippen LogP contribution in [0.4, 0.5) is 4.79 Å². The minimum Gasteiger partial charge on any atom is -0.341 e. The van der Waals surface area contributed by atoms with Crippen molar-refractivity contribution in [2.45, 2.75) is 6.54 Å². The number of carbonyl (C=O) groups is 2. The second kappa shape index (κ2) is 7.13. The van der Waals surface area contributed by atoms with Crippen molar-refractivity contribution in [1.29, 1.82) is 0 Å². The van der Waals surface area contributed by atoms with Crippen LogP contribution < -0.4 is 10.6 Å². The first-order valence-electron chi connectivity index (χ1n) is 5.46. The third-order valence-electron chi connectivity index (χ3n) is 2.26. The van der Waals surface area contributed by atoms with Crippen LogP contribution in [0.2, 0.25) is 0 Å². The van der Waals surface area contributed by atoms with Crippen LogP contribution in [0.15, 0.2) is 28.7 Å². The molecule has 0 radical (unpaired) electrons. The highest BCUT2D eigenvalue weighted by Gasteiger charge is 2.09. The first-order chi connectivity index (χ1) is 8.51. The van der Waals surface area contributed by atoms with Gasteiger partial charge in [-0.3, -0.25) is 15.0 Å². The summed E-state index contributed by atoms with van der Waals surface area (Å²) in [5.74, 6) is -0.325. The lowest BCUT2D eigenvalue weighted by Gasteiger charge is -2.15. The Kier molecular flexibility index (Phi) is 5.80. The molecular weight excluding hydrogens is 298 g/mol. The second-order valence-corrected chi connectivity index (χ2v) is 4.84. The lowest BCUT2D eigenvalue weighted by molar-refractivity contribution is -0.120. The molecule has 0 fully saturated rings. The maximum atomic E-state index is 11.4. The van der Waals surface area contributed by atoms with Crippen LogP contribution in [0.3, 0.4) is 0 Å². The predicted molar refractivity (Wildman–Crippen MR) is 73.1 cm³/mol. The molecular formula is C12H16BrN3O2. The van der Waals surface area contributed by atoms with Crippen molar-refractivity contribution in [3.05, 3.63) is 34.3 Å². The van der Waals surface area contributed by atoms with E-state index in [1.807, 2.05) is 36.2 Å². The number of benzene rings is 1. The summed E-state index contributed by atoms with van der Waals surface area (Å²) < 4.78 is 1.02. The normalized spacial score (nSPS) is 10.2. The topological polar surface area (TPSA) is 61.4 Å². The van der Waals surface area contributed by atoms with Gasteiger partial charge in [0.15, 0.2) is 0 Å². The average Bonchev–Trinajstić information content (AvgIpc) is 2.31. The Hall–Kier alpha value is -1.40. The molecule has 1 aromatic carbocycles. The van der Waals surface area contributed by atoms with Gasteiger partial charge in [0, 0.05) is 18.1 Å². The predicted octanol–water partition coefficient (Wildman–Crippen LogP) is 1.34. The molecule has 6 heteroatoms.